The van der Waals surface area contributed by atoms with Crippen molar-refractivity contribution in [2.75, 3.05) is 19.6 Å². The topological polar surface area (TPSA) is 44.4 Å². The Labute approximate surface area is 84.0 Å². The minimum atomic E-state index is 0.0237. The molecular formula is C10H17N3O. The molecule has 0 radical (unpaired) electrons. The third-order valence-corrected chi connectivity index (χ3v) is 4.32. The van der Waals surface area contributed by atoms with E-state index in [1.165, 1.54) is 32.4 Å². The molecule has 0 bridgehead atoms. The van der Waals surface area contributed by atoms with Gasteiger partial charge in [-0.1, -0.05) is 0 Å². The maximum atomic E-state index is 11.0. The molecule has 0 aromatic rings. The molecule has 3 unspecified atom stereocenters. The minimum absolute atomic E-state index is 0.0237. The fraction of sp³-hybridized carbons (Fsp3) is 0.900. The second-order valence-electron chi connectivity index (χ2n) is 4.79. The normalized spacial score (nSPS) is 47.4. The van der Waals surface area contributed by atoms with Gasteiger partial charge in [0.15, 0.2) is 0 Å². The highest BCUT2D eigenvalue weighted by Gasteiger charge is 2.55. The van der Waals surface area contributed by atoms with Crippen LogP contribution in [-0.2, 0) is 4.79 Å². The second-order valence-corrected chi connectivity index (χ2v) is 4.79. The van der Waals surface area contributed by atoms with Gasteiger partial charge in [-0.15, -0.1) is 0 Å². The van der Waals surface area contributed by atoms with E-state index in [0.29, 0.717) is 6.04 Å². The fourth-order valence-corrected chi connectivity index (χ4v) is 3.58. The standard InChI is InChI=1S/C10H17N3O/c14-6-8-10(7-11-12-8)3-5-13-4-1-2-9(10)13/h6,8-9,11-12H,1-5,7H2. The largest absolute Gasteiger partial charge is 0.302 e. The molecule has 3 saturated heterocycles. The van der Waals surface area contributed by atoms with Crippen molar-refractivity contribution in [1.82, 2.24) is 15.8 Å². The van der Waals surface area contributed by atoms with Crippen LogP contribution in [0.3, 0.4) is 0 Å². The van der Waals surface area contributed by atoms with Crippen molar-refractivity contribution in [2.45, 2.75) is 31.3 Å². The lowest BCUT2D eigenvalue weighted by atomic mass is 9.75. The first-order chi connectivity index (χ1) is 6.87. The smallest absolute Gasteiger partial charge is 0.138 e. The summed E-state index contributed by atoms with van der Waals surface area (Å²) in [4.78, 5) is 13.6. The minimum Gasteiger partial charge on any atom is -0.302 e. The number of nitrogens with zero attached hydrogens (tertiary/aromatic N) is 1. The van der Waals surface area contributed by atoms with Crippen LogP contribution < -0.4 is 10.9 Å². The first-order valence-electron chi connectivity index (χ1n) is 5.54. The summed E-state index contributed by atoms with van der Waals surface area (Å²) >= 11 is 0. The monoisotopic (exact) mass is 195 g/mol. The number of hydrazine groups is 1. The number of hydrogen-bond acceptors (Lipinski definition) is 4. The highest BCUT2D eigenvalue weighted by atomic mass is 16.1. The lowest BCUT2D eigenvalue weighted by Gasteiger charge is -2.32. The van der Waals surface area contributed by atoms with E-state index >= 15 is 0 Å². The molecule has 3 atom stereocenters. The zero-order chi connectivity index (χ0) is 9.60. The molecule has 4 heteroatoms. The third-order valence-electron chi connectivity index (χ3n) is 4.32. The number of aldehydes is 1. The fourth-order valence-electron chi connectivity index (χ4n) is 3.58. The molecule has 3 aliphatic heterocycles. The molecule has 0 aliphatic carbocycles. The number of carbonyl (C=O) groups excluding carboxylic acids is 1. The van der Waals surface area contributed by atoms with Crippen molar-refractivity contribution in [3.8, 4) is 0 Å². The maximum Gasteiger partial charge on any atom is 0.138 e. The molecule has 3 heterocycles. The van der Waals surface area contributed by atoms with E-state index < -0.39 is 0 Å². The first kappa shape index (κ1) is 8.83. The molecule has 3 rings (SSSR count). The van der Waals surface area contributed by atoms with Crippen molar-refractivity contribution in [2.24, 2.45) is 5.41 Å². The van der Waals surface area contributed by atoms with Gasteiger partial charge in [0.05, 0.1) is 6.04 Å². The molecule has 1 spiro atoms. The van der Waals surface area contributed by atoms with Crippen molar-refractivity contribution < 1.29 is 4.79 Å². The van der Waals surface area contributed by atoms with Crippen LogP contribution in [0.25, 0.3) is 0 Å². The molecule has 0 saturated carbocycles. The Morgan fingerprint density at radius 1 is 1.43 bits per heavy atom. The van der Waals surface area contributed by atoms with Gasteiger partial charge in [0.1, 0.15) is 6.29 Å². The highest BCUT2D eigenvalue weighted by molar-refractivity contribution is 5.60. The van der Waals surface area contributed by atoms with Crippen molar-refractivity contribution in [1.29, 1.82) is 0 Å². The molecule has 2 N–H and O–H groups in total. The van der Waals surface area contributed by atoms with E-state index in [4.69, 9.17) is 0 Å². The van der Waals surface area contributed by atoms with E-state index in [-0.39, 0.29) is 11.5 Å². The van der Waals surface area contributed by atoms with E-state index in [2.05, 4.69) is 15.8 Å². The number of fused-ring (bicyclic) bond motifs is 2. The quantitative estimate of drug-likeness (QED) is 0.555. The Hall–Kier alpha value is -0.450. The average Bonchev–Trinajstić information content (AvgIpc) is 2.87. The van der Waals surface area contributed by atoms with E-state index in [9.17, 15) is 4.79 Å². The van der Waals surface area contributed by atoms with Crippen LogP contribution in [0.5, 0.6) is 0 Å². The predicted molar refractivity (Wildman–Crippen MR) is 52.6 cm³/mol. The Kier molecular flexibility index (Phi) is 1.90. The van der Waals surface area contributed by atoms with Crippen LogP contribution in [-0.4, -0.2) is 42.9 Å². The Morgan fingerprint density at radius 2 is 2.36 bits per heavy atom. The molecule has 3 fully saturated rings. The summed E-state index contributed by atoms with van der Waals surface area (Å²) in [5.74, 6) is 0. The molecule has 14 heavy (non-hydrogen) atoms. The van der Waals surface area contributed by atoms with Gasteiger partial charge in [-0.2, -0.15) is 0 Å². The first-order valence-corrected chi connectivity index (χ1v) is 5.54. The van der Waals surface area contributed by atoms with Crippen molar-refractivity contribution in [3.63, 3.8) is 0 Å². The van der Waals surface area contributed by atoms with Gasteiger partial charge in [-0.3, -0.25) is 10.3 Å². The summed E-state index contributed by atoms with van der Waals surface area (Å²) in [7, 11) is 0. The van der Waals surface area contributed by atoms with E-state index in [1.807, 2.05) is 0 Å². The maximum absolute atomic E-state index is 11.0. The number of hydrogen-bond donors (Lipinski definition) is 2. The Morgan fingerprint density at radius 3 is 3.21 bits per heavy atom. The average molecular weight is 195 g/mol. The van der Waals surface area contributed by atoms with Crippen LogP contribution in [0.2, 0.25) is 0 Å². The van der Waals surface area contributed by atoms with Crippen LogP contribution in [0.4, 0.5) is 0 Å². The van der Waals surface area contributed by atoms with Gasteiger partial charge in [0.2, 0.25) is 0 Å². The van der Waals surface area contributed by atoms with Gasteiger partial charge in [-0.25, -0.2) is 5.43 Å². The summed E-state index contributed by atoms with van der Waals surface area (Å²) in [6, 6.07) is 0.663. The van der Waals surface area contributed by atoms with Crippen LogP contribution in [0.15, 0.2) is 0 Å². The van der Waals surface area contributed by atoms with E-state index in [1.54, 1.807) is 0 Å². The lowest BCUT2D eigenvalue weighted by Crippen LogP contribution is -2.46. The summed E-state index contributed by atoms with van der Waals surface area (Å²) in [6.07, 6.45) is 4.83. The van der Waals surface area contributed by atoms with Crippen LogP contribution in [0, 0.1) is 5.41 Å². The summed E-state index contributed by atoms with van der Waals surface area (Å²) in [5.41, 5.74) is 6.46. The number of rotatable bonds is 1. The lowest BCUT2D eigenvalue weighted by molar-refractivity contribution is -0.111. The van der Waals surface area contributed by atoms with E-state index in [0.717, 1.165) is 12.8 Å². The molecule has 0 aromatic carbocycles. The van der Waals surface area contributed by atoms with Crippen LogP contribution >= 0.6 is 0 Å². The van der Waals surface area contributed by atoms with Gasteiger partial charge in [0.25, 0.3) is 0 Å². The molecule has 0 aromatic heterocycles. The van der Waals surface area contributed by atoms with Crippen LogP contribution in [0.1, 0.15) is 19.3 Å². The molecule has 4 nitrogen and oxygen atoms in total. The third kappa shape index (κ3) is 0.962. The number of nitrogens with one attached hydrogen (secondary N) is 2. The van der Waals surface area contributed by atoms with Gasteiger partial charge >= 0.3 is 0 Å². The van der Waals surface area contributed by atoms with Gasteiger partial charge in [-0.05, 0) is 32.4 Å². The number of carbonyl (C=O) groups is 1. The van der Waals surface area contributed by atoms with Crippen molar-refractivity contribution >= 4 is 6.29 Å². The molecule has 78 valence electrons. The van der Waals surface area contributed by atoms with Crippen molar-refractivity contribution in [3.05, 3.63) is 0 Å². The zero-order valence-corrected chi connectivity index (χ0v) is 8.33. The summed E-state index contributed by atoms with van der Waals surface area (Å²) in [5, 5.41) is 0. The Bertz CT molecular complexity index is 258. The molecular weight excluding hydrogens is 178 g/mol. The SMILES string of the molecule is O=CC1NNCC12CCN1CCCC12. The summed E-state index contributed by atoms with van der Waals surface area (Å²) in [6.45, 7) is 3.37. The Balaban J connectivity index is 1.91. The zero-order valence-electron chi connectivity index (χ0n) is 8.33. The molecule has 3 aliphatic rings. The predicted octanol–water partition coefficient (Wildman–Crippen LogP) is -0.484. The van der Waals surface area contributed by atoms with Gasteiger partial charge < -0.3 is 4.79 Å². The highest BCUT2D eigenvalue weighted by Crippen LogP contribution is 2.45. The van der Waals surface area contributed by atoms with Gasteiger partial charge in [0, 0.05) is 18.0 Å². The summed E-state index contributed by atoms with van der Waals surface area (Å²) < 4.78 is 0. The second kappa shape index (κ2) is 3.02. The molecule has 0 amide bonds.